The van der Waals surface area contributed by atoms with E-state index in [1.807, 2.05) is 12.1 Å². The Morgan fingerprint density at radius 2 is 1.70 bits per heavy atom. The largest absolute Gasteiger partial charge is 0.352 e. The van der Waals surface area contributed by atoms with Crippen molar-refractivity contribution in [3.63, 3.8) is 0 Å². The number of pyridine rings is 1. The lowest BCUT2D eigenvalue weighted by atomic mass is 9.97. The van der Waals surface area contributed by atoms with Gasteiger partial charge >= 0.3 is 0 Å². The van der Waals surface area contributed by atoms with Crippen molar-refractivity contribution in [2.24, 2.45) is 0 Å². The molecular formula is C22H25N3O2. The van der Waals surface area contributed by atoms with Crippen molar-refractivity contribution in [2.45, 2.75) is 38.6 Å². The summed E-state index contributed by atoms with van der Waals surface area (Å²) in [5, 5.41) is 5.81. The summed E-state index contributed by atoms with van der Waals surface area (Å²) in [4.78, 5) is 28.7. The van der Waals surface area contributed by atoms with Crippen molar-refractivity contribution in [2.75, 3.05) is 6.54 Å². The number of carbonyl (C=O) groups excluding carboxylic acids is 2. The molecule has 5 nitrogen and oxygen atoms in total. The van der Waals surface area contributed by atoms with Gasteiger partial charge in [-0.25, -0.2) is 0 Å². The standard InChI is InChI=1S/C22H25N3O2/c26-21(24-14-11-17-5-2-1-3-6-17)19-7-4-8-20(15-19)22(27)25-16-18-9-12-23-13-10-18/h4-5,7-10,12-13,15H,1-3,6,11,14,16H2,(H,24,26)(H,25,27). The van der Waals surface area contributed by atoms with Crippen LogP contribution in [-0.2, 0) is 6.54 Å². The molecule has 0 spiro atoms. The lowest BCUT2D eigenvalue weighted by Crippen LogP contribution is -2.26. The fourth-order valence-corrected chi connectivity index (χ4v) is 3.16. The average Bonchev–Trinajstić information content (AvgIpc) is 2.73. The van der Waals surface area contributed by atoms with Crippen molar-refractivity contribution < 1.29 is 9.59 Å². The van der Waals surface area contributed by atoms with E-state index in [0.717, 1.165) is 24.8 Å². The molecule has 1 aliphatic rings. The van der Waals surface area contributed by atoms with Crippen LogP contribution in [0.5, 0.6) is 0 Å². The number of hydrogen-bond acceptors (Lipinski definition) is 3. The zero-order valence-electron chi connectivity index (χ0n) is 15.4. The van der Waals surface area contributed by atoms with Gasteiger partial charge in [0.2, 0.25) is 0 Å². The second kappa shape index (κ2) is 9.67. The third kappa shape index (κ3) is 5.78. The predicted octanol–water partition coefficient (Wildman–Crippen LogP) is 3.63. The Labute approximate surface area is 159 Å². The van der Waals surface area contributed by atoms with E-state index in [2.05, 4.69) is 21.7 Å². The van der Waals surface area contributed by atoms with Crippen LogP contribution in [0.2, 0.25) is 0 Å². The maximum Gasteiger partial charge on any atom is 0.251 e. The smallest absolute Gasteiger partial charge is 0.251 e. The van der Waals surface area contributed by atoms with Crippen LogP contribution in [0.25, 0.3) is 0 Å². The normalized spacial score (nSPS) is 13.6. The Kier molecular flexibility index (Phi) is 6.74. The van der Waals surface area contributed by atoms with Crippen LogP contribution >= 0.6 is 0 Å². The minimum atomic E-state index is -0.200. The molecule has 2 amide bonds. The van der Waals surface area contributed by atoms with Gasteiger partial charge in [0.1, 0.15) is 0 Å². The molecule has 1 heterocycles. The van der Waals surface area contributed by atoms with Crippen LogP contribution in [0.15, 0.2) is 60.4 Å². The first-order valence-electron chi connectivity index (χ1n) is 9.45. The molecule has 0 atom stereocenters. The number of benzene rings is 1. The third-order valence-electron chi connectivity index (χ3n) is 4.71. The molecule has 1 aliphatic carbocycles. The molecule has 5 heteroatoms. The molecule has 140 valence electrons. The molecule has 3 rings (SSSR count). The van der Waals surface area contributed by atoms with Crippen molar-refractivity contribution in [1.82, 2.24) is 15.6 Å². The van der Waals surface area contributed by atoms with Gasteiger partial charge < -0.3 is 10.6 Å². The van der Waals surface area contributed by atoms with E-state index in [-0.39, 0.29) is 11.8 Å². The van der Waals surface area contributed by atoms with Gasteiger partial charge in [0.05, 0.1) is 0 Å². The van der Waals surface area contributed by atoms with E-state index in [9.17, 15) is 9.59 Å². The highest BCUT2D eigenvalue weighted by molar-refractivity contribution is 5.99. The lowest BCUT2D eigenvalue weighted by Gasteiger charge is -2.13. The number of hydrogen-bond donors (Lipinski definition) is 2. The molecule has 27 heavy (non-hydrogen) atoms. The predicted molar refractivity (Wildman–Crippen MR) is 105 cm³/mol. The zero-order valence-corrected chi connectivity index (χ0v) is 15.4. The summed E-state index contributed by atoms with van der Waals surface area (Å²) in [7, 11) is 0. The molecule has 1 aromatic heterocycles. The summed E-state index contributed by atoms with van der Waals surface area (Å²) >= 11 is 0. The van der Waals surface area contributed by atoms with E-state index in [0.29, 0.717) is 24.2 Å². The molecule has 0 aliphatic heterocycles. The highest BCUT2D eigenvalue weighted by atomic mass is 16.2. The first-order chi connectivity index (χ1) is 13.2. The molecular weight excluding hydrogens is 338 g/mol. The number of aromatic nitrogens is 1. The summed E-state index contributed by atoms with van der Waals surface area (Å²) in [6.07, 6.45) is 11.4. The lowest BCUT2D eigenvalue weighted by molar-refractivity contribution is 0.0950. The highest BCUT2D eigenvalue weighted by Gasteiger charge is 2.11. The van der Waals surface area contributed by atoms with Gasteiger partial charge in [-0.05, 0) is 68.0 Å². The van der Waals surface area contributed by atoms with Crippen LogP contribution in [-0.4, -0.2) is 23.3 Å². The van der Waals surface area contributed by atoms with Gasteiger partial charge in [-0.15, -0.1) is 0 Å². The maximum absolute atomic E-state index is 12.4. The van der Waals surface area contributed by atoms with E-state index >= 15 is 0 Å². The monoisotopic (exact) mass is 363 g/mol. The first kappa shape index (κ1) is 18.8. The van der Waals surface area contributed by atoms with Crippen LogP contribution in [0.3, 0.4) is 0 Å². The van der Waals surface area contributed by atoms with Crippen molar-refractivity contribution >= 4 is 11.8 Å². The fraction of sp³-hybridized carbons (Fsp3) is 0.318. The fourth-order valence-electron chi connectivity index (χ4n) is 3.16. The van der Waals surface area contributed by atoms with Crippen LogP contribution in [0.1, 0.15) is 58.4 Å². The van der Waals surface area contributed by atoms with Gasteiger partial charge in [0.15, 0.2) is 0 Å². The van der Waals surface area contributed by atoms with E-state index in [4.69, 9.17) is 0 Å². The highest BCUT2D eigenvalue weighted by Crippen LogP contribution is 2.19. The van der Waals surface area contributed by atoms with Gasteiger partial charge in [0, 0.05) is 36.6 Å². The number of allylic oxidation sites excluding steroid dienone is 1. The van der Waals surface area contributed by atoms with Gasteiger partial charge in [-0.1, -0.05) is 17.7 Å². The van der Waals surface area contributed by atoms with Crippen molar-refractivity contribution in [3.8, 4) is 0 Å². The zero-order chi connectivity index (χ0) is 18.9. The quantitative estimate of drug-likeness (QED) is 0.738. The van der Waals surface area contributed by atoms with Crippen LogP contribution in [0, 0.1) is 0 Å². The topological polar surface area (TPSA) is 71.1 Å². The second-order valence-electron chi connectivity index (χ2n) is 6.73. The second-order valence-corrected chi connectivity index (χ2v) is 6.73. The molecule has 0 bridgehead atoms. The van der Waals surface area contributed by atoms with Crippen molar-refractivity contribution in [1.29, 1.82) is 0 Å². The Morgan fingerprint density at radius 1 is 0.963 bits per heavy atom. The Balaban J connectivity index is 1.51. The summed E-state index contributed by atoms with van der Waals surface area (Å²) in [6, 6.07) is 10.5. The molecule has 0 unspecified atom stereocenters. The average molecular weight is 363 g/mol. The van der Waals surface area contributed by atoms with Crippen molar-refractivity contribution in [3.05, 3.63) is 77.1 Å². The number of amides is 2. The molecule has 0 fully saturated rings. The summed E-state index contributed by atoms with van der Waals surface area (Å²) in [5.74, 6) is -0.344. The SMILES string of the molecule is O=C(NCCC1=CCCCC1)c1cccc(C(=O)NCc2ccncc2)c1. The minimum absolute atomic E-state index is 0.143. The Morgan fingerprint density at radius 3 is 2.41 bits per heavy atom. The summed E-state index contributed by atoms with van der Waals surface area (Å²) in [5.41, 5.74) is 3.39. The number of nitrogens with zero attached hydrogens (tertiary/aromatic N) is 1. The first-order valence-corrected chi connectivity index (χ1v) is 9.45. The summed E-state index contributed by atoms with van der Waals surface area (Å²) in [6.45, 7) is 1.05. The van der Waals surface area contributed by atoms with Crippen LogP contribution in [0.4, 0.5) is 0 Å². The van der Waals surface area contributed by atoms with E-state index in [1.165, 1.54) is 18.4 Å². The molecule has 2 aromatic rings. The molecule has 0 saturated heterocycles. The minimum Gasteiger partial charge on any atom is -0.352 e. The van der Waals surface area contributed by atoms with Gasteiger partial charge in [-0.2, -0.15) is 0 Å². The Hall–Kier alpha value is -2.95. The molecule has 0 radical (unpaired) electrons. The molecule has 0 saturated carbocycles. The number of rotatable bonds is 7. The van der Waals surface area contributed by atoms with E-state index < -0.39 is 0 Å². The summed E-state index contributed by atoms with van der Waals surface area (Å²) < 4.78 is 0. The third-order valence-corrected chi connectivity index (χ3v) is 4.71. The molecule has 1 aromatic carbocycles. The molecule has 2 N–H and O–H groups in total. The van der Waals surface area contributed by atoms with E-state index in [1.54, 1.807) is 36.7 Å². The van der Waals surface area contributed by atoms with Gasteiger partial charge in [0.25, 0.3) is 11.8 Å². The van der Waals surface area contributed by atoms with Crippen LogP contribution < -0.4 is 10.6 Å². The number of nitrogens with one attached hydrogen (secondary N) is 2. The maximum atomic E-state index is 12.4. The van der Waals surface area contributed by atoms with Gasteiger partial charge in [-0.3, -0.25) is 14.6 Å². The Bertz CT molecular complexity index is 815. The number of carbonyl (C=O) groups is 2.